The highest BCUT2D eigenvalue weighted by Crippen LogP contribution is 2.38. The number of nitrogens with zero attached hydrogens (tertiary/aromatic N) is 1. The van der Waals surface area contributed by atoms with Gasteiger partial charge >= 0.3 is 5.97 Å². The van der Waals surface area contributed by atoms with Gasteiger partial charge in [0.2, 0.25) is 0 Å². The van der Waals surface area contributed by atoms with Gasteiger partial charge in [0.05, 0.1) is 12.7 Å². The molecular formula is C17H19BrN2O4S. The van der Waals surface area contributed by atoms with Crippen LogP contribution in [0.25, 0.3) is 0 Å². The van der Waals surface area contributed by atoms with Gasteiger partial charge in [-0.05, 0) is 53.0 Å². The van der Waals surface area contributed by atoms with E-state index in [4.69, 9.17) is 9.15 Å². The Kier molecular flexibility index (Phi) is 5.61. The van der Waals surface area contributed by atoms with E-state index >= 15 is 0 Å². The molecule has 1 amide bonds. The van der Waals surface area contributed by atoms with Crippen LogP contribution in [0.5, 0.6) is 0 Å². The minimum Gasteiger partial charge on any atom is -0.465 e. The first-order valence-electron chi connectivity index (χ1n) is 8.05. The summed E-state index contributed by atoms with van der Waals surface area (Å²) in [5.41, 5.74) is 1.46. The molecule has 2 aromatic heterocycles. The van der Waals surface area contributed by atoms with Crippen molar-refractivity contribution in [3.63, 3.8) is 0 Å². The van der Waals surface area contributed by atoms with E-state index in [0.717, 1.165) is 42.9 Å². The number of halogens is 1. The van der Waals surface area contributed by atoms with Gasteiger partial charge in [-0.3, -0.25) is 9.69 Å². The highest BCUT2D eigenvalue weighted by Gasteiger charge is 2.29. The summed E-state index contributed by atoms with van der Waals surface area (Å²) in [4.78, 5) is 28.1. The van der Waals surface area contributed by atoms with Gasteiger partial charge in [-0.15, -0.1) is 11.3 Å². The van der Waals surface area contributed by atoms with Crippen molar-refractivity contribution in [2.45, 2.75) is 26.3 Å². The van der Waals surface area contributed by atoms with Gasteiger partial charge in [0, 0.05) is 18.0 Å². The summed E-state index contributed by atoms with van der Waals surface area (Å²) in [5.74, 6) is -0.626. The Morgan fingerprint density at radius 3 is 2.88 bits per heavy atom. The third-order valence-electron chi connectivity index (χ3n) is 4.09. The van der Waals surface area contributed by atoms with Gasteiger partial charge in [0.25, 0.3) is 5.91 Å². The van der Waals surface area contributed by atoms with Crippen molar-refractivity contribution in [2.24, 2.45) is 0 Å². The third-order valence-corrected chi connectivity index (χ3v) is 5.65. The molecule has 0 bridgehead atoms. The predicted molar refractivity (Wildman–Crippen MR) is 99.3 cm³/mol. The number of rotatable bonds is 5. The van der Waals surface area contributed by atoms with Crippen molar-refractivity contribution in [1.29, 1.82) is 0 Å². The SMILES string of the molecule is CCCN1CCc2c(sc(NC(=O)c3ccc(Br)o3)c2C(=O)OC)C1. The first-order valence-corrected chi connectivity index (χ1v) is 9.66. The molecule has 0 unspecified atom stereocenters. The predicted octanol–water partition coefficient (Wildman–Crippen LogP) is 3.91. The first-order chi connectivity index (χ1) is 12.0. The summed E-state index contributed by atoms with van der Waals surface area (Å²) in [7, 11) is 1.36. The van der Waals surface area contributed by atoms with Crippen LogP contribution in [-0.2, 0) is 17.7 Å². The fourth-order valence-corrected chi connectivity index (χ4v) is 4.55. The Bertz CT molecular complexity index is 799. The van der Waals surface area contributed by atoms with Crippen molar-refractivity contribution in [3.8, 4) is 0 Å². The zero-order valence-corrected chi connectivity index (χ0v) is 16.5. The second-order valence-corrected chi connectivity index (χ2v) is 7.67. The second-order valence-electron chi connectivity index (χ2n) is 5.78. The summed E-state index contributed by atoms with van der Waals surface area (Å²) < 4.78 is 10.7. The molecule has 1 aliphatic heterocycles. The molecule has 2 aromatic rings. The molecule has 0 aromatic carbocycles. The van der Waals surface area contributed by atoms with Crippen LogP contribution in [0.4, 0.5) is 5.00 Å². The number of hydrogen-bond donors (Lipinski definition) is 1. The largest absolute Gasteiger partial charge is 0.465 e. The van der Waals surface area contributed by atoms with Gasteiger partial charge in [0.15, 0.2) is 10.4 Å². The van der Waals surface area contributed by atoms with Crippen molar-refractivity contribution in [3.05, 3.63) is 38.6 Å². The standard InChI is InChI=1S/C17H19BrN2O4S/c1-3-7-20-8-6-10-12(9-20)25-16(14(10)17(22)23-2)19-15(21)11-4-5-13(18)24-11/h4-5H,3,6-9H2,1-2H3,(H,19,21). The maximum Gasteiger partial charge on any atom is 0.341 e. The lowest BCUT2D eigenvalue weighted by molar-refractivity contribution is 0.0600. The first kappa shape index (κ1) is 18.2. The molecule has 0 aliphatic carbocycles. The molecule has 3 rings (SSSR count). The van der Waals surface area contributed by atoms with E-state index in [1.807, 2.05) is 0 Å². The number of furan rings is 1. The third kappa shape index (κ3) is 3.80. The Morgan fingerprint density at radius 1 is 1.44 bits per heavy atom. The van der Waals surface area contributed by atoms with Crippen molar-refractivity contribution in [2.75, 3.05) is 25.5 Å². The molecule has 0 saturated carbocycles. The van der Waals surface area contributed by atoms with Gasteiger partial charge in [-0.25, -0.2) is 4.79 Å². The van der Waals surface area contributed by atoms with Crippen LogP contribution in [0.2, 0.25) is 0 Å². The Balaban J connectivity index is 1.90. The minimum atomic E-state index is -0.419. The van der Waals surface area contributed by atoms with Crippen molar-refractivity contribution < 1.29 is 18.7 Å². The lowest BCUT2D eigenvalue weighted by Gasteiger charge is -2.26. The normalized spacial score (nSPS) is 14.2. The Labute approximate surface area is 158 Å². The second kappa shape index (κ2) is 7.72. The zero-order valence-electron chi connectivity index (χ0n) is 14.1. The highest BCUT2D eigenvalue weighted by atomic mass is 79.9. The molecule has 1 aliphatic rings. The monoisotopic (exact) mass is 426 g/mol. The van der Waals surface area contributed by atoms with Crippen LogP contribution in [0, 0.1) is 0 Å². The van der Waals surface area contributed by atoms with E-state index in [0.29, 0.717) is 15.2 Å². The number of thiophene rings is 1. The van der Waals surface area contributed by atoms with Gasteiger partial charge in [-0.1, -0.05) is 6.92 Å². The molecular weight excluding hydrogens is 408 g/mol. The average Bonchev–Trinajstić information content (AvgIpc) is 3.17. The zero-order chi connectivity index (χ0) is 18.0. The van der Waals surface area contributed by atoms with Crippen LogP contribution in [0.15, 0.2) is 21.2 Å². The summed E-state index contributed by atoms with van der Waals surface area (Å²) in [5, 5.41) is 3.33. The smallest absolute Gasteiger partial charge is 0.341 e. The average molecular weight is 427 g/mol. The van der Waals surface area contributed by atoms with Gasteiger partial charge < -0.3 is 14.5 Å². The molecule has 0 fully saturated rings. The van der Waals surface area contributed by atoms with E-state index in [-0.39, 0.29) is 11.7 Å². The Hall–Kier alpha value is -1.64. The van der Waals surface area contributed by atoms with E-state index in [1.54, 1.807) is 12.1 Å². The lowest BCUT2D eigenvalue weighted by Crippen LogP contribution is -2.30. The number of carbonyl (C=O) groups excluding carboxylic acids is 2. The van der Waals surface area contributed by atoms with Crippen LogP contribution in [0.3, 0.4) is 0 Å². The molecule has 0 radical (unpaired) electrons. The number of amides is 1. The molecule has 8 heteroatoms. The Morgan fingerprint density at radius 2 is 2.24 bits per heavy atom. The van der Waals surface area contributed by atoms with Crippen molar-refractivity contribution >= 4 is 44.1 Å². The van der Waals surface area contributed by atoms with Crippen LogP contribution < -0.4 is 5.32 Å². The number of methoxy groups -OCH3 is 1. The maximum atomic E-state index is 12.4. The number of ether oxygens (including phenoxy) is 1. The quantitative estimate of drug-likeness (QED) is 0.733. The molecule has 0 spiro atoms. The fourth-order valence-electron chi connectivity index (χ4n) is 2.97. The number of fused-ring (bicyclic) bond motifs is 1. The molecule has 0 atom stereocenters. The van der Waals surface area contributed by atoms with Gasteiger partial charge in [-0.2, -0.15) is 0 Å². The van der Waals surface area contributed by atoms with Gasteiger partial charge in [0.1, 0.15) is 5.00 Å². The molecule has 0 saturated heterocycles. The molecule has 134 valence electrons. The summed E-state index contributed by atoms with van der Waals surface area (Å²) in [6.07, 6.45) is 1.86. The molecule has 1 N–H and O–H groups in total. The molecule has 25 heavy (non-hydrogen) atoms. The lowest BCUT2D eigenvalue weighted by atomic mass is 10.0. The summed E-state index contributed by atoms with van der Waals surface area (Å²) in [6.45, 7) is 4.87. The molecule has 6 nitrogen and oxygen atoms in total. The van der Waals surface area contributed by atoms with Crippen LogP contribution >= 0.6 is 27.3 Å². The van der Waals surface area contributed by atoms with Crippen molar-refractivity contribution in [1.82, 2.24) is 4.90 Å². The number of nitrogens with one attached hydrogen (secondary N) is 1. The summed E-state index contributed by atoms with van der Waals surface area (Å²) in [6, 6.07) is 3.23. The van der Waals surface area contributed by atoms with Crippen LogP contribution in [0.1, 0.15) is 44.7 Å². The number of hydrogen-bond acceptors (Lipinski definition) is 6. The van der Waals surface area contributed by atoms with E-state index < -0.39 is 5.97 Å². The minimum absolute atomic E-state index is 0.182. The number of esters is 1. The fraction of sp³-hybridized carbons (Fsp3) is 0.412. The summed E-state index contributed by atoms with van der Waals surface area (Å²) >= 11 is 4.62. The van der Waals surface area contributed by atoms with Crippen LogP contribution in [-0.4, -0.2) is 37.0 Å². The molecule has 3 heterocycles. The highest BCUT2D eigenvalue weighted by molar-refractivity contribution is 9.10. The van der Waals surface area contributed by atoms with E-state index in [2.05, 4.69) is 33.1 Å². The topological polar surface area (TPSA) is 71.8 Å². The maximum absolute atomic E-state index is 12.4. The van der Waals surface area contributed by atoms with E-state index in [1.165, 1.54) is 18.4 Å². The number of carbonyl (C=O) groups is 2. The number of anilines is 1. The van der Waals surface area contributed by atoms with E-state index in [9.17, 15) is 9.59 Å².